The van der Waals surface area contributed by atoms with Gasteiger partial charge in [-0.1, -0.05) is 0 Å². The normalized spacial score (nSPS) is 20.0. The van der Waals surface area contributed by atoms with Crippen molar-refractivity contribution in [3.05, 3.63) is 28.0 Å². The molecule has 2 rings (SSSR count). The summed E-state index contributed by atoms with van der Waals surface area (Å²) in [5, 5.41) is 0. The molecule has 1 saturated heterocycles. The molecule has 2 heterocycles. The second-order valence-corrected chi connectivity index (χ2v) is 4.85. The van der Waals surface area contributed by atoms with Crippen molar-refractivity contribution in [2.45, 2.75) is 18.8 Å². The van der Waals surface area contributed by atoms with Crippen LogP contribution in [-0.2, 0) is 9.47 Å². The Labute approximate surface area is 108 Å². The summed E-state index contributed by atoms with van der Waals surface area (Å²) in [5.74, 6) is -0.0532. The van der Waals surface area contributed by atoms with Crippen molar-refractivity contribution in [2.24, 2.45) is 0 Å². The average Bonchev–Trinajstić information content (AvgIpc) is 2.39. The summed E-state index contributed by atoms with van der Waals surface area (Å²) in [5.41, 5.74) is 1.41. The first-order chi connectivity index (χ1) is 8.22. The third-order valence-corrected chi connectivity index (χ3v) is 3.51. The Hall–Kier alpha value is -0.940. The van der Waals surface area contributed by atoms with Crippen molar-refractivity contribution in [1.29, 1.82) is 0 Å². The minimum Gasteiger partial charge on any atom is -0.465 e. The summed E-state index contributed by atoms with van der Waals surface area (Å²) in [4.78, 5) is 15.7. The lowest BCUT2D eigenvalue weighted by atomic mass is 9.98. The Balaban J connectivity index is 2.20. The largest absolute Gasteiger partial charge is 0.465 e. The fourth-order valence-electron chi connectivity index (χ4n) is 1.90. The highest BCUT2D eigenvalue weighted by Crippen LogP contribution is 2.27. The molecule has 17 heavy (non-hydrogen) atoms. The lowest BCUT2D eigenvalue weighted by molar-refractivity contribution is 0.0599. The molecule has 1 aromatic rings. The number of ether oxygens (including phenoxy) is 2. The van der Waals surface area contributed by atoms with E-state index in [9.17, 15) is 4.79 Å². The first-order valence-electron chi connectivity index (χ1n) is 5.54. The molecule has 1 unspecified atom stereocenters. The number of pyridine rings is 1. The molecule has 0 aromatic carbocycles. The zero-order chi connectivity index (χ0) is 12.3. The van der Waals surface area contributed by atoms with Crippen LogP contribution in [0.4, 0.5) is 0 Å². The van der Waals surface area contributed by atoms with Crippen molar-refractivity contribution in [2.75, 3.05) is 20.3 Å². The number of carbonyl (C=O) groups is 1. The van der Waals surface area contributed by atoms with Crippen LogP contribution >= 0.6 is 15.9 Å². The summed E-state index contributed by atoms with van der Waals surface area (Å²) in [6.07, 6.45) is 3.69. The van der Waals surface area contributed by atoms with Crippen molar-refractivity contribution in [1.82, 2.24) is 4.98 Å². The maximum absolute atomic E-state index is 11.4. The number of hydrogen-bond donors (Lipinski definition) is 0. The average molecular weight is 300 g/mol. The molecule has 1 aromatic heterocycles. The van der Waals surface area contributed by atoms with E-state index in [1.54, 1.807) is 6.20 Å². The summed E-state index contributed by atoms with van der Waals surface area (Å²) in [6, 6.07) is 1.88. The van der Waals surface area contributed by atoms with Crippen LogP contribution in [0.15, 0.2) is 16.7 Å². The molecular weight excluding hydrogens is 286 g/mol. The highest BCUT2D eigenvalue weighted by Gasteiger charge is 2.19. The van der Waals surface area contributed by atoms with Crippen LogP contribution in [0.5, 0.6) is 0 Å². The molecule has 92 valence electrons. The van der Waals surface area contributed by atoms with Crippen molar-refractivity contribution in [3.63, 3.8) is 0 Å². The molecule has 0 N–H and O–H groups in total. The Morgan fingerprint density at radius 1 is 1.65 bits per heavy atom. The molecule has 0 radical (unpaired) electrons. The van der Waals surface area contributed by atoms with Crippen molar-refractivity contribution >= 4 is 21.9 Å². The topological polar surface area (TPSA) is 48.4 Å². The van der Waals surface area contributed by atoms with Gasteiger partial charge in [-0.25, -0.2) is 4.79 Å². The van der Waals surface area contributed by atoms with E-state index in [4.69, 9.17) is 4.74 Å². The van der Waals surface area contributed by atoms with Crippen LogP contribution in [0.25, 0.3) is 0 Å². The van der Waals surface area contributed by atoms with Crippen LogP contribution in [0, 0.1) is 0 Å². The van der Waals surface area contributed by atoms with Gasteiger partial charge in [-0.3, -0.25) is 4.98 Å². The van der Waals surface area contributed by atoms with E-state index in [1.807, 2.05) is 6.07 Å². The lowest BCUT2D eigenvalue weighted by Gasteiger charge is -2.21. The third-order valence-electron chi connectivity index (χ3n) is 2.86. The first-order valence-corrected chi connectivity index (χ1v) is 6.33. The fraction of sp³-hybridized carbons (Fsp3) is 0.500. The zero-order valence-corrected chi connectivity index (χ0v) is 11.2. The van der Waals surface area contributed by atoms with Crippen LogP contribution in [-0.4, -0.2) is 31.3 Å². The quantitative estimate of drug-likeness (QED) is 0.788. The minimum atomic E-state index is -0.379. The minimum absolute atomic E-state index is 0.326. The standard InChI is InChI=1S/C12H14BrNO3/c1-16-12(15)9-6-14-11(5-10(9)13)8-3-2-4-17-7-8/h5-6,8H,2-4,7H2,1H3. The van der Waals surface area contributed by atoms with Gasteiger partial charge in [0.2, 0.25) is 0 Å². The van der Waals surface area contributed by atoms with Crippen LogP contribution in [0.3, 0.4) is 0 Å². The van der Waals surface area contributed by atoms with Crippen LogP contribution < -0.4 is 0 Å². The molecule has 4 nitrogen and oxygen atoms in total. The fourth-order valence-corrected chi connectivity index (χ4v) is 2.40. The Bertz CT molecular complexity index is 416. The van der Waals surface area contributed by atoms with Gasteiger partial charge in [-0.15, -0.1) is 0 Å². The summed E-state index contributed by atoms with van der Waals surface area (Å²) < 4.78 is 10.8. The molecule has 0 spiro atoms. The van der Waals surface area contributed by atoms with Crippen LogP contribution in [0.2, 0.25) is 0 Å². The number of hydrogen-bond acceptors (Lipinski definition) is 4. The van der Waals surface area contributed by atoms with Gasteiger partial charge in [0.25, 0.3) is 0 Å². The van der Waals surface area contributed by atoms with E-state index in [1.165, 1.54) is 7.11 Å². The van der Waals surface area contributed by atoms with E-state index >= 15 is 0 Å². The smallest absolute Gasteiger partial charge is 0.340 e. The second kappa shape index (κ2) is 5.60. The van der Waals surface area contributed by atoms with Gasteiger partial charge in [-0.2, -0.15) is 0 Å². The van der Waals surface area contributed by atoms with E-state index in [0.717, 1.165) is 29.6 Å². The molecule has 5 heteroatoms. The first kappa shape index (κ1) is 12.5. The summed E-state index contributed by atoms with van der Waals surface area (Å²) >= 11 is 3.37. The Kier molecular flexibility index (Phi) is 4.12. The maximum atomic E-state index is 11.4. The van der Waals surface area contributed by atoms with Gasteiger partial charge in [0.15, 0.2) is 0 Å². The predicted molar refractivity (Wildman–Crippen MR) is 66.1 cm³/mol. The molecule has 1 aliphatic rings. The molecular formula is C12H14BrNO3. The molecule has 1 atom stereocenters. The molecule has 0 amide bonds. The molecule has 0 bridgehead atoms. The summed E-state index contributed by atoms with van der Waals surface area (Å²) in [7, 11) is 1.36. The number of nitrogens with zero attached hydrogens (tertiary/aromatic N) is 1. The van der Waals surface area contributed by atoms with Crippen LogP contribution in [0.1, 0.15) is 34.8 Å². The van der Waals surface area contributed by atoms with Gasteiger partial charge in [0.1, 0.15) is 0 Å². The lowest BCUT2D eigenvalue weighted by Crippen LogP contribution is -2.17. The second-order valence-electron chi connectivity index (χ2n) is 3.99. The van der Waals surface area contributed by atoms with Gasteiger partial charge < -0.3 is 9.47 Å². The number of carbonyl (C=O) groups excluding carboxylic acids is 1. The van der Waals surface area contributed by atoms with E-state index < -0.39 is 0 Å². The highest BCUT2D eigenvalue weighted by atomic mass is 79.9. The number of esters is 1. The molecule has 0 saturated carbocycles. The zero-order valence-electron chi connectivity index (χ0n) is 9.61. The van der Waals surface area contributed by atoms with Gasteiger partial charge >= 0.3 is 5.97 Å². The number of methoxy groups -OCH3 is 1. The monoisotopic (exact) mass is 299 g/mol. The van der Waals surface area contributed by atoms with E-state index in [2.05, 4.69) is 25.7 Å². The predicted octanol–water partition coefficient (Wildman–Crippen LogP) is 2.52. The molecule has 1 aliphatic heterocycles. The van der Waals surface area contributed by atoms with Gasteiger partial charge in [0, 0.05) is 28.9 Å². The molecule has 1 fully saturated rings. The van der Waals surface area contributed by atoms with Crippen molar-refractivity contribution < 1.29 is 14.3 Å². The number of rotatable bonds is 2. The van der Waals surface area contributed by atoms with Gasteiger partial charge in [0.05, 0.1) is 19.3 Å². The Morgan fingerprint density at radius 2 is 2.47 bits per heavy atom. The third kappa shape index (κ3) is 2.84. The summed E-state index contributed by atoms with van der Waals surface area (Å²) in [6.45, 7) is 1.54. The number of aromatic nitrogens is 1. The van der Waals surface area contributed by atoms with E-state index in [-0.39, 0.29) is 5.97 Å². The number of halogens is 1. The van der Waals surface area contributed by atoms with E-state index in [0.29, 0.717) is 18.1 Å². The maximum Gasteiger partial charge on any atom is 0.340 e. The highest BCUT2D eigenvalue weighted by molar-refractivity contribution is 9.10. The van der Waals surface area contributed by atoms with Gasteiger partial charge in [-0.05, 0) is 34.8 Å². The Morgan fingerprint density at radius 3 is 3.06 bits per heavy atom. The SMILES string of the molecule is COC(=O)c1cnc(C2CCCOC2)cc1Br. The molecule has 0 aliphatic carbocycles. The van der Waals surface area contributed by atoms with Crippen molar-refractivity contribution in [3.8, 4) is 0 Å².